The van der Waals surface area contributed by atoms with Crippen molar-refractivity contribution in [2.75, 3.05) is 0 Å². The van der Waals surface area contributed by atoms with Crippen LogP contribution in [-0.4, -0.2) is 31.4 Å². The van der Waals surface area contributed by atoms with Crippen LogP contribution in [0.3, 0.4) is 0 Å². The van der Waals surface area contributed by atoms with Gasteiger partial charge in [0.2, 0.25) is 0 Å². The van der Waals surface area contributed by atoms with E-state index in [2.05, 4.69) is 25.1 Å². The van der Waals surface area contributed by atoms with Crippen molar-refractivity contribution in [3.05, 3.63) is 24.3 Å². The molecule has 0 saturated heterocycles. The third-order valence-corrected chi connectivity index (χ3v) is 2.15. The van der Waals surface area contributed by atoms with E-state index in [0.717, 1.165) is 0 Å². The molecule has 0 unspecified atom stereocenters. The first-order chi connectivity index (χ1) is 6.88. The summed E-state index contributed by atoms with van der Waals surface area (Å²) < 4.78 is 0. The monoisotopic (exact) mass is 207 g/mol. The quantitative estimate of drug-likeness (QED) is 0.584. The van der Waals surface area contributed by atoms with Crippen molar-refractivity contribution in [2.45, 2.75) is 10.3 Å². The van der Waals surface area contributed by atoms with Gasteiger partial charge in [-0.1, -0.05) is 0 Å². The van der Waals surface area contributed by atoms with Crippen LogP contribution in [0.2, 0.25) is 0 Å². The van der Waals surface area contributed by atoms with Gasteiger partial charge in [0.1, 0.15) is 6.33 Å². The van der Waals surface area contributed by atoms with Gasteiger partial charge >= 0.3 is 0 Å². The Kier molecular flexibility index (Phi) is 2.50. The Hall–Kier alpha value is -1.76. The Morgan fingerprint density at radius 1 is 1.29 bits per heavy atom. The number of hydrogen-bond acceptors (Lipinski definition) is 6. The molecule has 2 heterocycles. The highest BCUT2D eigenvalue weighted by Gasteiger charge is 2.02. The Morgan fingerprint density at radius 3 is 2.64 bits per heavy atom. The third-order valence-electron chi connectivity index (χ3n) is 1.37. The second-order valence-electron chi connectivity index (χ2n) is 2.31. The molecule has 0 atom stereocenters. The molecule has 0 aliphatic heterocycles. The first-order valence-corrected chi connectivity index (χ1v) is 4.50. The van der Waals surface area contributed by atoms with Gasteiger partial charge in [0.25, 0.3) is 0 Å². The van der Waals surface area contributed by atoms with E-state index < -0.39 is 0 Å². The van der Waals surface area contributed by atoms with Crippen LogP contribution in [0.5, 0.6) is 0 Å². The number of nitrogens with one attached hydrogen (secondary N) is 1. The van der Waals surface area contributed by atoms with E-state index in [1.807, 2.05) is 0 Å². The van der Waals surface area contributed by atoms with Crippen LogP contribution in [0.4, 0.5) is 0 Å². The van der Waals surface area contributed by atoms with Crippen molar-refractivity contribution < 1.29 is 4.79 Å². The van der Waals surface area contributed by atoms with E-state index in [9.17, 15) is 4.79 Å². The number of carbonyl (C=O) groups excluding carboxylic acids is 1. The van der Waals surface area contributed by atoms with Gasteiger partial charge in [-0.25, -0.2) is 15.0 Å². The Bertz CT molecular complexity index is 412. The lowest BCUT2D eigenvalue weighted by Gasteiger charge is -1.94. The molecule has 1 N–H and O–H groups in total. The van der Waals surface area contributed by atoms with E-state index in [4.69, 9.17) is 0 Å². The molecule has 2 aromatic heterocycles. The average molecular weight is 207 g/mol. The third kappa shape index (κ3) is 1.94. The van der Waals surface area contributed by atoms with Crippen molar-refractivity contribution in [3.63, 3.8) is 0 Å². The molecule has 0 aliphatic carbocycles. The Balaban J connectivity index is 2.14. The number of aromatic nitrogens is 5. The van der Waals surface area contributed by atoms with Crippen molar-refractivity contribution in [1.82, 2.24) is 25.1 Å². The highest BCUT2D eigenvalue weighted by Crippen LogP contribution is 2.18. The second-order valence-corrected chi connectivity index (χ2v) is 3.27. The molecule has 0 radical (unpaired) electrons. The predicted octanol–water partition coefficient (Wildman–Crippen LogP) is 0.558. The second kappa shape index (κ2) is 3.97. The summed E-state index contributed by atoms with van der Waals surface area (Å²) in [4.78, 5) is 22.1. The van der Waals surface area contributed by atoms with Crippen molar-refractivity contribution >= 4 is 18.0 Å². The van der Waals surface area contributed by atoms with E-state index >= 15 is 0 Å². The van der Waals surface area contributed by atoms with Gasteiger partial charge in [-0.05, 0) is 11.8 Å². The molecule has 0 spiro atoms. The fourth-order valence-corrected chi connectivity index (χ4v) is 1.35. The molecule has 14 heavy (non-hydrogen) atoms. The fourth-order valence-electron chi connectivity index (χ4n) is 0.770. The van der Waals surface area contributed by atoms with Crippen molar-refractivity contribution in [3.8, 4) is 0 Å². The molecular formula is C7H5N5OS. The lowest BCUT2D eigenvalue weighted by molar-refractivity contribution is 0.112. The molecule has 0 amide bonds. The minimum absolute atomic E-state index is 0.451. The van der Waals surface area contributed by atoms with E-state index in [0.29, 0.717) is 22.2 Å². The zero-order valence-corrected chi connectivity index (χ0v) is 7.73. The molecule has 7 heteroatoms. The normalized spacial score (nSPS) is 10.0. The van der Waals surface area contributed by atoms with Crippen LogP contribution < -0.4 is 0 Å². The maximum atomic E-state index is 10.3. The van der Waals surface area contributed by atoms with Gasteiger partial charge in [0.15, 0.2) is 16.6 Å². The van der Waals surface area contributed by atoms with Gasteiger partial charge in [0.05, 0.1) is 5.56 Å². The molecular weight excluding hydrogens is 202 g/mol. The van der Waals surface area contributed by atoms with Gasteiger partial charge in [-0.15, -0.1) is 0 Å². The smallest absolute Gasteiger partial charge is 0.195 e. The summed E-state index contributed by atoms with van der Waals surface area (Å²) in [5.41, 5.74) is 0.451. The van der Waals surface area contributed by atoms with Gasteiger partial charge in [-0.3, -0.25) is 9.89 Å². The summed E-state index contributed by atoms with van der Waals surface area (Å²) >= 11 is 1.25. The minimum atomic E-state index is 0.451. The SMILES string of the molecule is O=Cc1cnc(Sc2ncn[nH]2)nc1. The average Bonchev–Trinajstić information content (AvgIpc) is 2.72. The summed E-state index contributed by atoms with van der Waals surface area (Å²) in [6.45, 7) is 0. The molecule has 0 aromatic carbocycles. The summed E-state index contributed by atoms with van der Waals surface area (Å²) in [7, 11) is 0. The number of H-pyrrole nitrogens is 1. The Labute approximate surface area is 83.2 Å². The molecule has 2 rings (SSSR count). The lowest BCUT2D eigenvalue weighted by Crippen LogP contribution is -1.89. The Morgan fingerprint density at radius 2 is 2.07 bits per heavy atom. The van der Waals surface area contributed by atoms with Gasteiger partial charge < -0.3 is 0 Å². The van der Waals surface area contributed by atoms with Crippen LogP contribution in [0, 0.1) is 0 Å². The standard InChI is InChI=1S/C7H5N5OS/c13-3-5-1-8-6(9-2-5)14-7-10-4-11-12-7/h1-4H,(H,10,11,12). The number of nitrogens with zero attached hydrogens (tertiary/aromatic N) is 4. The van der Waals surface area contributed by atoms with Gasteiger partial charge in [0, 0.05) is 12.4 Å². The molecule has 0 saturated carbocycles. The van der Waals surface area contributed by atoms with Crippen LogP contribution in [0.1, 0.15) is 10.4 Å². The van der Waals surface area contributed by atoms with Crippen LogP contribution in [0.15, 0.2) is 29.0 Å². The highest BCUT2D eigenvalue weighted by molar-refractivity contribution is 7.99. The maximum absolute atomic E-state index is 10.3. The highest BCUT2D eigenvalue weighted by atomic mass is 32.2. The summed E-state index contributed by atoms with van der Waals surface area (Å²) in [5.74, 6) is 0. The number of aldehydes is 1. The number of hydrogen-bond donors (Lipinski definition) is 1. The summed E-state index contributed by atoms with van der Waals surface area (Å²) in [6.07, 6.45) is 5.02. The fraction of sp³-hybridized carbons (Fsp3) is 0. The topological polar surface area (TPSA) is 84.4 Å². The molecule has 6 nitrogen and oxygen atoms in total. The molecule has 70 valence electrons. The maximum Gasteiger partial charge on any atom is 0.195 e. The first-order valence-electron chi connectivity index (χ1n) is 3.69. The molecule has 0 bridgehead atoms. The molecule has 0 aliphatic rings. The predicted molar refractivity (Wildman–Crippen MR) is 47.9 cm³/mol. The van der Waals surface area contributed by atoms with Gasteiger partial charge in [-0.2, -0.15) is 5.10 Å². The first kappa shape index (κ1) is 8.82. The zero-order valence-electron chi connectivity index (χ0n) is 6.91. The van der Waals surface area contributed by atoms with Crippen LogP contribution >= 0.6 is 11.8 Å². The largest absolute Gasteiger partial charge is 0.298 e. The molecule has 0 fully saturated rings. The van der Waals surface area contributed by atoms with Crippen molar-refractivity contribution in [2.24, 2.45) is 0 Å². The lowest BCUT2D eigenvalue weighted by atomic mass is 10.4. The van der Waals surface area contributed by atoms with Crippen molar-refractivity contribution in [1.29, 1.82) is 0 Å². The zero-order chi connectivity index (χ0) is 9.80. The van der Waals surface area contributed by atoms with Crippen LogP contribution in [-0.2, 0) is 0 Å². The van der Waals surface area contributed by atoms with E-state index in [1.165, 1.54) is 30.5 Å². The summed E-state index contributed by atoms with van der Waals surface area (Å²) in [5, 5.41) is 7.49. The number of carbonyl (C=O) groups is 1. The van der Waals surface area contributed by atoms with Crippen LogP contribution in [0.25, 0.3) is 0 Å². The summed E-state index contributed by atoms with van der Waals surface area (Å²) in [6, 6.07) is 0. The molecule has 2 aromatic rings. The number of aromatic amines is 1. The van der Waals surface area contributed by atoms with E-state index in [1.54, 1.807) is 0 Å². The number of rotatable bonds is 3. The van der Waals surface area contributed by atoms with E-state index in [-0.39, 0.29) is 0 Å². The minimum Gasteiger partial charge on any atom is -0.298 e.